The quantitative estimate of drug-likeness (QED) is 0.293. The molecule has 2 fully saturated rings. The summed E-state index contributed by atoms with van der Waals surface area (Å²) in [5.74, 6) is 1.04. The van der Waals surface area contributed by atoms with Crippen LogP contribution in [0.3, 0.4) is 0 Å². The number of para-hydroxylation sites is 1. The number of nitrogens with one attached hydrogen (secondary N) is 4. The van der Waals surface area contributed by atoms with Gasteiger partial charge >= 0.3 is 0 Å². The van der Waals surface area contributed by atoms with Crippen LogP contribution >= 0.6 is 11.6 Å². The van der Waals surface area contributed by atoms with Gasteiger partial charge in [-0.2, -0.15) is 0 Å². The number of carbonyl (C=O) groups is 2. The normalized spacial score (nSPS) is 23.0. The molecular weight excluding hydrogens is 488 g/mol. The first-order chi connectivity index (χ1) is 17.9. The maximum absolute atomic E-state index is 12.8. The van der Waals surface area contributed by atoms with Crippen LogP contribution < -0.4 is 16.0 Å². The predicted molar refractivity (Wildman–Crippen MR) is 146 cm³/mol. The van der Waals surface area contributed by atoms with Crippen LogP contribution in [0, 0.1) is 11.8 Å². The fraction of sp³-hybridized carbons (Fsp3) is 0.429. The number of H-pyrrole nitrogens is 1. The number of hydrogen-bond donors (Lipinski definition) is 4. The van der Waals surface area contributed by atoms with Crippen LogP contribution in [0.1, 0.15) is 39.0 Å². The molecule has 2 aliphatic carbocycles. The number of halogens is 1. The zero-order valence-corrected chi connectivity index (χ0v) is 21.8. The van der Waals surface area contributed by atoms with Crippen LogP contribution in [0.4, 0.5) is 5.95 Å². The number of benzene rings is 1. The van der Waals surface area contributed by atoms with Gasteiger partial charge in [0.25, 0.3) is 0 Å². The lowest BCUT2D eigenvalue weighted by atomic mass is 9.91. The Balaban J connectivity index is 1.15. The smallest absolute Gasteiger partial charge is 0.223 e. The summed E-state index contributed by atoms with van der Waals surface area (Å²) < 4.78 is 0. The number of fused-ring (bicyclic) bond motifs is 1. The van der Waals surface area contributed by atoms with E-state index in [4.69, 9.17) is 16.6 Å². The number of aromatic amines is 1. The van der Waals surface area contributed by atoms with Crippen molar-refractivity contribution >= 4 is 40.1 Å². The molecule has 194 valence electrons. The van der Waals surface area contributed by atoms with Crippen LogP contribution in [-0.4, -0.2) is 51.8 Å². The first-order valence-electron chi connectivity index (χ1n) is 12.9. The van der Waals surface area contributed by atoms with Crippen molar-refractivity contribution in [2.24, 2.45) is 11.8 Å². The summed E-state index contributed by atoms with van der Waals surface area (Å²) in [5.41, 5.74) is 3.24. The fourth-order valence-electron chi connectivity index (χ4n) is 5.16. The van der Waals surface area contributed by atoms with Gasteiger partial charge in [0.2, 0.25) is 11.9 Å². The molecule has 0 aliphatic heterocycles. The molecule has 2 heterocycles. The zero-order valence-electron chi connectivity index (χ0n) is 21.0. The molecule has 0 saturated heterocycles. The van der Waals surface area contributed by atoms with E-state index in [9.17, 15) is 9.59 Å². The minimum absolute atomic E-state index is 0.00348. The summed E-state index contributed by atoms with van der Waals surface area (Å²) in [6, 6.07) is 8.36. The Bertz CT molecular complexity index is 1320. The molecule has 2 aliphatic rings. The third kappa shape index (κ3) is 6.02. The molecule has 9 heteroatoms. The van der Waals surface area contributed by atoms with Gasteiger partial charge in [0.15, 0.2) is 5.78 Å². The summed E-state index contributed by atoms with van der Waals surface area (Å²) in [7, 11) is 0. The molecule has 4 atom stereocenters. The number of carbonyl (C=O) groups excluding carboxylic acids is 2. The highest BCUT2D eigenvalue weighted by atomic mass is 35.5. The van der Waals surface area contributed by atoms with Gasteiger partial charge in [0.1, 0.15) is 0 Å². The molecule has 0 spiro atoms. The highest BCUT2D eigenvalue weighted by Gasteiger charge is 2.43. The maximum atomic E-state index is 12.8. The van der Waals surface area contributed by atoms with Gasteiger partial charge in [0, 0.05) is 52.8 Å². The number of ketones is 1. The second-order valence-corrected chi connectivity index (χ2v) is 10.7. The molecule has 37 heavy (non-hydrogen) atoms. The van der Waals surface area contributed by atoms with E-state index >= 15 is 0 Å². The third-order valence-corrected chi connectivity index (χ3v) is 7.72. The molecule has 2 saturated carbocycles. The maximum Gasteiger partial charge on any atom is 0.223 e. The Labute approximate surface area is 221 Å². The number of Topliss-reactive ketones (excluding diaryl/α,β-unsaturated/α-hetero) is 1. The largest absolute Gasteiger partial charge is 0.360 e. The van der Waals surface area contributed by atoms with Crippen molar-refractivity contribution < 1.29 is 9.59 Å². The van der Waals surface area contributed by atoms with Crippen molar-refractivity contribution in [1.29, 1.82) is 0 Å². The summed E-state index contributed by atoms with van der Waals surface area (Å²) in [6.07, 6.45) is 8.27. The second kappa shape index (κ2) is 11.0. The van der Waals surface area contributed by atoms with Crippen molar-refractivity contribution in [2.45, 2.75) is 51.1 Å². The van der Waals surface area contributed by atoms with Crippen LogP contribution in [-0.2, 0) is 9.59 Å². The van der Waals surface area contributed by atoms with E-state index in [1.54, 1.807) is 6.20 Å². The van der Waals surface area contributed by atoms with Gasteiger partial charge in [-0.15, -0.1) is 0 Å². The van der Waals surface area contributed by atoms with Gasteiger partial charge in [-0.05, 0) is 57.6 Å². The Morgan fingerprint density at radius 2 is 2.00 bits per heavy atom. The predicted octanol–water partition coefficient (Wildman–Crippen LogP) is 4.49. The van der Waals surface area contributed by atoms with Crippen molar-refractivity contribution in [3.8, 4) is 11.3 Å². The third-order valence-electron chi connectivity index (χ3n) is 7.44. The number of rotatable bonds is 10. The number of nitrogens with zero attached hydrogens (tertiary/aromatic N) is 2. The van der Waals surface area contributed by atoms with Crippen LogP contribution in [0.25, 0.3) is 22.2 Å². The van der Waals surface area contributed by atoms with Crippen LogP contribution in [0.2, 0.25) is 5.02 Å². The number of anilines is 1. The minimum atomic E-state index is -0.00348. The van der Waals surface area contributed by atoms with Crippen molar-refractivity contribution in [3.05, 3.63) is 53.8 Å². The molecule has 1 aromatic carbocycles. The van der Waals surface area contributed by atoms with E-state index in [-0.39, 0.29) is 29.7 Å². The van der Waals surface area contributed by atoms with Crippen LogP contribution in [0.15, 0.2) is 48.8 Å². The van der Waals surface area contributed by atoms with Gasteiger partial charge in [0.05, 0.1) is 16.9 Å². The summed E-state index contributed by atoms with van der Waals surface area (Å²) in [5, 5.41) is 11.5. The fourth-order valence-corrected chi connectivity index (χ4v) is 5.36. The van der Waals surface area contributed by atoms with Crippen molar-refractivity contribution in [2.75, 3.05) is 18.4 Å². The van der Waals surface area contributed by atoms with Gasteiger partial charge in [-0.1, -0.05) is 36.4 Å². The van der Waals surface area contributed by atoms with E-state index in [2.05, 4.69) is 32.5 Å². The lowest BCUT2D eigenvalue weighted by molar-refractivity contribution is -0.123. The Morgan fingerprint density at radius 3 is 2.84 bits per heavy atom. The SMILES string of the molecule is C=C(CNC[C@H]1C[C@@H]1C(=O)N[C@H]1CCC[C@@H](Nc2ncc(Cl)c(-c3c[nH]c4ccccc34)n2)C1)C(C)=O. The van der Waals surface area contributed by atoms with E-state index in [1.165, 1.54) is 6.92 Å². The topological polar surface area (TPSA) is 112 Å². The minimum Gasteiger partial charge on any atom is -0.360 e. The monoisotopic (exact) mass is 520 g/mol. The molecule has 0 radical (unpaired) electrons. The van der Waals surface area contributed by atoms with Crippen LogP contribution in [0.5, 0.6) is 0 Å². The molecular formula is C28H33ClN6O2. The van der Waals surface area contributed by atoms with Gasteiger partial charge in [-0.25, -0.2) is 9.97 Å². The summed E-state index contributed by atoms with van der Waals surface area (Å²) >= 11 is 6.48. The van der Waals surface area contributed by atoms with E-state index < -0.39 is 0 Å². The number of amides is 1. The second-order valence-electron chi connectivity index (χ2n) is 10.2. The lowest BCUT2D eigenvalue weighted by Crippen LogP contribution is -2.43. The average molecular weight is 521 g/mol. The summed E-state index contributed by atoms with van der Waals surface area (Å²) in [4.78, 5) is 36.5. The van der Waals surface area contributed by atoms with E-state index in [1.807, 2.05) is 30.5 Å². The molecule has 4 N–H and O–H groups in total. The Morgan fingerprint density at radius 1 is 1.19 bits per heavy atom. The molecule has 0 bridgehead atoms. The summed E-state index contributed by atoms with van der Waals surface area (Å²) in [6.45, 7) is 6.48. The molecule has 0 unspecified atom stereocenters. The standard InChI is InChI=1S/C28H33ClN6O2/c1-16(17(2)36)12-30-13-18-10-22(18)27(37)33-19-6-5-7-20(11-19)34-28-32-15-24(29)26(35-28)23-14-31-25-9-4-3-8-21(23)25/h3-4,8-9,14-15,18-20,22,30-31H,1,5-7,10-13H2,2H3,(H,33,37)(H,32,34,35)/t18-,19+,20-,22+/m1/s1. The molecule has 2 aromatic heterocycles. The van der Waals surface area contributed by atoms with E-state index in [0.717, 1.165) is 55.1 Å². The molecule has 1 amide bonds. The number of aromatic nitrogens is 3. The van der Waals surface area contributed by atoms with Crippen molar-refractivity contribution in [3.63, 3.8) is 0 Å². The highest BCUT2D eigenvalue weighted by Crippen LogP contribution is 2.38. The first kappa shape index (κ1) is 25.4. The average Bonchev–Trinajstić information content (AvgIpc) is 3.54. The molecule has 3 aromatic rings. The first-order valence-corrected chi connectivity index (χ1v) is 13.3. The lowest BCUT2D eigenvalue weighted by Gasteiger charge is -2.30. The number of hydrogen-bond acceptors (Lipinski definition) is 6. The Kier molecular flexibility index (Phi) is 7.58. The van der Waals surface area contributed by atoms with E-state index in [0.29, 0.717) is 34.7 Å². The molecule has 5 rings (SSSR count). The highest BCUT2D eigenvalue weighted by molar-refractivity contribution is 6.33. The van der Waals surface area contributed by atoms with Gasteiger partial charge in [-0.3, -0.25) is 9.59 Å². The Hall–Kier alpha value is -3.23. The van der Waals surface area contributed by atoms with Gasteiger partial charge < -0.3 is 20.9 Å². The van der Waals surface area contributed by atoms with Crippen molar-refractivity contribution in [1.82, 2.24) is 25.6 Å². The zero-order chi connectivity index (χ0) is 25.9. The molecule has 8 nitrogen and oxygen atoms in total.